The highest BCUT2D eigenvalue weighted by atomic mass is 16.6. The van der Waals surface area contributed by atoms with E-state index in [9.17, 15) is 40.3 Å². The second-order valence-electron chi connectivity index (χ2n) is 30.6. The molecule has 5 aliphatic heterocycles. The number of amides is 1. The number of benzene rings is 2. The smallest absolute Gasteiger partial charge is 0.410 e. The lowest BCUT2D eigenvalue weighted by Crippen LogP contribution is -2.60. The van der Waals surface area contributed by atoms with Gasteiger partial charge in [0.2, 0.25) is 0 Å². The van der Waals surface area contributed by atoms with Crippen LogP contribution < -0.4 is 0 Å². The number of rotatable bonds is 22. The predicted molar refractivity (Wildman–Crippen MR) is 405 cm³/mol. The van der Waals surface area contributed by atoms with E-state index in [-0.39, 0.29) is 24.4 Å². The van der Waals surface area contributed by atoms with Gasteiger partial charge in [0, 0.05) is 75.1 Å². The van der Waals surface area contributed by atoms with Crippen LogP contribution in [0.15, 0.2) is 54.6 Å². The van der Waals surface area contributed by atoms with Gasteiger partial charge >= 0.3 is 23.9 Å². The summed E-state index contributed by atoms with van der Waals surface area (Å²) in [5, 5.41) is 56.5. The summed E-state index contributed by atoms with van der Waals surface area (Å²) >= 11 is 0. The van der Waals surface area contributed by atoms with Crippen molar-refractivity contribution in [3.8, 4) is 0 Å². The van der Waals surface area contributed by atoms with E-state index in [0.29, 0.717) is 201 Å². The number of aliphatic hydroxyl groups excluding tert-OH is 1. The molecule has 28 nitrogen and oxygen atoms in total. The lowest BCUT2D eigenvalue weighted by Gasteiger charge is -2.50. The van der Waals surface area contributed by atoms with Crippen molar-refractivity contribution in [2.75, 3.05) is 179 Å². The number of ether oxygens (including phenoxy) is 14. The Morgan fingerprint density at radius 1 is 0.519 bits per heavy atom. The Morgan fingerprint density at radius 3 is 1.09 bits per heavy atom. The molecule has 0 radical (unpaired) electrons. The van der Waals surface area contributed by atoms with Crippen LogP contribution in [0.2, 0.25) is 0 Å². The van der Waals surface area contributed by atoms with Gasteiger partial charge in [0.25, 0.3) is 0 Å². The van der Waals surface area contributed by atoms with E-state index >= 15 is 0 Å². The number of amidine groups is 1. The van der Waals surface area contributed by atoms with Gasteiger partial charge in [-0.15, -0.1) is 5.06 Å². The molecule has 1 amide bonds. The minimum Gasteiger partial charge on any atom is -0.714 e. The Bertz CT molecular complexity index is 2510. The highest BCUT2D eigenvalue weighted by molar-refractivity contribution is 5.96. The van der Waals surface area contributed by atoms with Gasteiger partial charge in [-0.1, -0.05) is 45.9 Å². The largest absolute Gasteiger partial charge is 0.714 e. The number of esters is 2. The van der Waals surface area contributed by atoms with E-state index in [1.807, 2.05) is 134 Å². The molecule has 28 heteroatoms. The summed E-state index contributed by atoms with van der Waals surface area (Å²) in [6, 6.07) is 15.5. The van der Waals surface area contributed by atoms with E-state index in [1.165, 1.54) is 29.8 Å². The third-order valence-corrected chi connectivity index (χ3v) is 19.2. The summed E-state index contributed by atoms with van der Waals surface area (Å²) < 4.78 is 75.1. The number of hydroxylamine groups is 7. The number of hydrogen-bond acceptors (Lipinski definition) is 26. The number of carbonyl (C=O) groups excluding carboxylic acids is 3. The first-order valence-corrected chi connectivity index (χ1v) is 37.9. The Hall–Kier alpha value is -4.80. The molecule has 5 heterocycles. The predicted octanol–water partition coefficient (Wildman–Crippen LogP) is 10.6. The topological polar surface area (TPSA) is 304 Å². The van der Waals surface area contributed by atoms with Crippen molar-refractivity contribution < 1.29 is 106 Å². The molecule has 2 aromatic carbocycles. The van der Waals surface area contributed by atoms with Crippen LogP contribution in [0.4, 0.5) is 4.79 Å². The SMILES string of the molecule is C1COCCOCCOCCOCCOCCO1.CC1(C)CC(OC(=O)c2ccc(C(=O)OC3CC(C)(C)N(O)C(C)(C)C3)cc2)CC(C)(C)N1O.CC1(C)N(O)C(c2ccccc2)=[N+]([O-])C1(C)C.CCC(C)(C)OC(=O)N1CCC(O)CC1.CCN(CC)CC.COCCOCCOCCOCCOC. The molecular formula is C78H140N6O22. The number of piperidine rings is 3. The van der Waals surface area contributed by atoms with Gasteiger partial charge in [-0.25, -0.2) is 19.6 Å². The molecule has 0 saturated carbocycles. The summed E-state index contributed by atoms with van der Waals surface area (Å²) in [5.41, 5.74) is -2.36. The third-order valence-electron chi connectivity index (χ3n) is 19.2. The number of aliphatic hydroxyl groups is 1. The Labute approximate surface area is 634 Å². The molecule has 0 atom stereocenters. The van der Waals surface area contributed by atoms with Crippen LogP contribution in [0.1, 0.15) is 196 Å². The highest BCUT2D eigenvalue weighted by Crippen LogP contribution is 2.40. The highest BCUT2D eigenvalue weighted by Gasteiger charge is 2.59. The fraction of sp³-hybridized carbons (Fsp3) is 0.795. The fourth-order valence-electron chi connectivity index (χ4n) is 11.9. The molecule has 0 bridgehead atoms. The first-order valence-electron chi connectivity index (χ1n) is 37.9. The van der Waals surface area contributed by atoms with Gasteiger partial charge in [-0.2, -0.15) is 10.1 Å². The summed E-state index contributed by atoms with van der Waals surface area (Å²) in [7, 11) is 3.30. The minimum absolute atomic E-state index is 0.256. The standard InChI is InChI=1S/C26H40N2O6.C13H18N2O2.C12H24O6.C11H21NO3.C10H22O5.C6H15N/c1-23(2)13-19(14-24(3,4)27(23)31)33-21(29)17-9-11-18(12-10-17)22(30)34-20-15-25(5,6)28(32)26(7,8)16-20;1-12(2)13(3,4)15(17)11(14(12)16)10-8-6-5-7-9-10;1-2-14-5-6-16-9-10-18-12-11-17-8-7-15-4-3-13-1;1-4-11(2,3)15-10(14)12-7-5-9(13)6-8-12;1-11-3-5-13-7-9-15-10-8-14-6-4-12-2;1-4-7(5-2)6-3/h9-12,19-20,31-32H,13-16H2,1-8H3;5-9,16H,1-4H3;1-12H2;9,13H,4-8H2,1-3H3;3-10H2,1-2H3;4-6H2,1-3H3. The molecule has 5 aliphatic rings. The Morgan fingerprint density at radius 2 is 0.830 bits per heavy atom. The maximum absolute atomic E-state index is 12.7. The van der Waals surface area contributed by atoms with Crippen molar-refractivity contribution in [3.63, 3.8) is 0 Å². The monoisotopic (exact) mass is 1510 g/mol. The van der Waals surface area contributed by atoms with Gasteiger partial charge in [-0.05, 0) is 172 Å². The zero-order chi connectivity index (χ0) is 79.6. The third kappa shape index (κ3) is 35.5. The molecule has 4 N–H and O–H groups in total. The van der Waals surface area contributed by atoms with Crippen LogP contribution in [0.25, 0.3) is 0 Å². The molecule has 614 valence electrons. The number of hydrogen-bond donors (Lipinski definition) is 4. The molecule has 7 rings (SSSR count). The number of nitrogens with zero attached hydrogens (tertiary/aromatic N) is 6. The van der Waals surface area contributed by atoms with E-state index in [2.05, 4.69) is 25.7 Å². The van der Waals surface area contributed by atoms with Crippen molar-refractivity contribution in [2.24, 2.45) is 0 Å². The molecule has 106 heavy (non-hydrogen) atoms. The van der Waals surface area contributed by atoms with Crippen molar-refractivity contribution in [1.82, 2.24) is 25.0 Å². The molecule has 0 spiro atoms. The van der Waals surface area contributed by atoms with Crippen molar-refractivity contribution >= 4 is 23.9 Å². The average Bonchev–Trinajstić information content (AvgIpc) is 1.56. The molecule has 0 aromatic heterocycles. The molecule has 0 aliphatic carbocycles. The zero-order valence-electron chi connectivity index (χ0n) is 68.4. The van der Waals surface area contributed by atoms with Gasteiger partial charge < -0.3 is 96.8 Å². The molecular weight excluding hydrogens is 1370 g/mol. The number of likely N-dealkylation sites (tertiary alicyclic amines) is 1. The second-order valence-corrected chi connectivity index (χ2v) is 30.6. The lowest BCUT2D eigenvalue weighted by molar-refractivity contribution is -0.539. The molecule has 2 aromatic rings. The van der Waals surface area contributed by atoms with Crippen LogP contribution in [0.3, 0.4) is 0 Å². The summed E-state index contributed by atoms with van der Waals surface area (Å²) in [6.45, 7) is 51.8. The van der Waals surface area contributed by atoms with E-state index < -0.39 is 50.8 Å². The number of carbonyl (C=O) groups is 3. The van der Waals surface area contributed by atoms with Gasteiger partial charge in [-0.3, -0.25) is 4.74 Å². The average molecular weight is 1510 g/mol. The summed E-state index contributed by atoms with van der Waals surface area (Å²) in [5.74, 6) is -0.607. The Kier molecular flexibility index (Phi) is 46.0. The van der Waals surface area contributed by atoms with Crippen molar-refractivity contribution in [2.45, 2.75) is 227 Å². The van der Waals surface area contributed by atoms with Crippen LogP contribution >= 0.6 is 0 Å². The van der Waals surface area contributed by atoms with E-state index in [1.54, 1.807) is 43.4 Å². The zero-order valence-corrected chi connectivity index (χ0v) is 68.4. The maximum atomic E-state index is 12.7. The maximum Gasteiger partial charge on any atom is 0.410 e. The van der Waals surface area contributed by atoms with E-state index in [0.717, 1.165) is 21.8 Å². The summed E-state index contributed by atoms with van der Waals surface area (Å²) in [6.07, 6.45) is 3.01. The van der Waals surface area contributed by atoms with Gasteiger partial charge in [0.15, 0.2) is 5.54 Å². The number of methoxy groups -OCH3 is 2. The molecule has 0 unspecified atom stereocenters. The lowest BCUT2D eigenvalue weighted by atomic mass is 9.80. The van der Waals surface area contributed by atoms with Crippen LogP contribution in [0.5, 0.6) is 0 Å². The normalized spacial score (nSPS) is 20.5. The van der Waals surface area contributed by atoms with Gasteiger partial charge in [0.05, 0.1) is 155 Å². The molecule has 4 fully saturated rings. The van der Waals surface area contributed by atoms with Crippen molar-refractivity contribution in [3.05, 3.63) is 76.5 Å². The Balaban J connectivity index is 0.000000459. The van der Waals surface area contributed by atoms with Crippen LogP contribution in [-0.2, 0) is 66.3 Å². The van der Waals surface area contributed by atoms with Gasteiger partial charge in [0.1, 0.15) is 23.3 Å². The van der Waals surface area contributed by atoms with Crippen LogP contribution in [0, 0.1) is 5.21 Å². The summed E-state index contributed by atoms with van der Waals surface area (Å²) in [4.78, 5) is 41.2. The molecule has 4 saturated heterocycles. The quantitative estimate of drug-likeness (QED) is 0.0280. The fourth-order valence-corrected chi connectivity index (χ4v) is 11.9. The van der Waals surface area contributed by atoms with Crippen LogP contribution in [-0.4, -0.2) is 311 Å². The van der Waals surface area contributed by atoms with Crippen molar-refractivity contribution in [1.29, 1.82) is 0 Å². The minimum atomic E-state index is -0.688. The first kappa shape index (κ1) is 97.3. The first-order chi connectivity index (χ1) is 49.9. The van der Waals surface area contributed by atoms with E-state index in [4.69, 9.17) is 66.3 Å². The second kappa shape index (κ2) is 50.2.